The van der Waals surface area contributed by atoms with Gasteiger partial charge in [-0.1, -0.05) is 11.8 Å². The van der Waals surface area contributed by atoms with Crippen LogP contribution in [0.25, 0.3) is 0 Å². The lowest BCUT2D eigenvalue weighted by Crippen LogP contribution is -2.71. The number of β-lactam (4-membered cyclic amide) rings is 1. The van der Waals surface area contributed by atoms with Crippen LogP contribution in [0.1, 0.15) is 0 Å². The van der Waals surface area contributed by atoms with Gasteiger partial charge in [0, 0.05) is 18.1 Å². The molecule has 0 bridgehead atoms. The Morgan fingerprint density at radius 3 is 2.69 bits per heavy atom. The molecule has 21 heteroatoms. The standard InChI is InChI=1S/C15H18F3N7O7S4/c1-36(31,32)19-2-3-24-14(21-22-23-24)34-5-7-4-33-12-9(11(27)25(12)10(7)13(28)29)20-8(26)6-35(30)15(16,17)18/h9,12,19H,2-6H2,1H3,(H,20,26)(H,28,29)/t9-,12-,35?/m1/s1. The summed E-state index contributed by atoms with van der Waals surface area (Å²) in [5.74, 6) is -4.67. The number of aromatic nitrogens is 4. The minimum atomic E-state index is -5.08. The zero-order valence-electron chi connectivity index (χ0n) is 18.1. The molecule has 1 aromatic heterocycles. The van der Waals surface area contributed by atoms with Crippen molar-refractivity contribution in [3.63, 3.8) is 0 Å². The molecule has 1 fully saturated rings. The molecule has 2 amide bonds. The lowest BCUT2D eigenvalue weighted by atomic mass is 10.0. The fraction of sp³-hybridized carbons (Fsp3) is 0.600. The predicted octanol–water partition coefficient (Wildman–Crippen LogP) is -1.68. The van der Waals surface area contributed by atoms with E-state index in [0.717, 1.165) is 34.7 Å². The van der Waals surface area contributed by atoms with Gasteiger partial charge in [0.05, 0.1) is 24.0 Å². The van der Waals surface area contributed by atoms with Crippen LogP contribution in [-0.2, 0) is 42.1 Å². The van der Waals surface area contributed by atoms with E-state index in [4.69, 9.17) is 0 Å². The number of carbonyl (C=O) groups is 3. The number of thioether (sulfide) groups is 2. The molecular weight excluding hydrogens is 575 g/mol. The summed E-state index contributed by atoms with van der Waals surface area (Å²) in [5.41, 5.74) is -5.06. The molecule has 2 aliphatic rings. The van der Waals surface area contributed by atoms with Crippen molar-refractivity contribution < 1.29 is 45.6 Å². The highest BCUT2D eigenvalue weighted by atomic mass is 32.2. The van der Waals surface area contributed by atoms with E-state index in [1.807, 2.05) is 0 Å². The SMILES string of the molecule is CS(=O)(=O)NCCn1nnnc1SCC1=C(C(=O)O)N2C(=O)[C@@H](NC(=O)C[S+]([O-])C(F)(F)F)[C@H]2SC1. The van der Waals surface area contributed by atoms with Gasteiger partial charge in [-0.3, -0.25) is 14.5 Å². The van der Waals surface area contributed by atoms with Gasteiger partial charge in [0.25, 0.3) is 11.8 Å². The number of halogens is 3. The first-order chi connectivity index (χ1) is 16.7. The van der Waals surface area contributed by atoms with Crippen molar-refractivity contribution in [1.82, 2.24) is 35.1 Å². The summed E-state index contributed by atoms with van der Waals surface area (Å²) in [4.78, 5) is 37.2. The smallest absolute Gasteiger partial charge is 0.573 e. The summed E-state index contributed by atoms with van der Waals surface area (Å²) in [6.45, 7) is 0.124. The molecule has 14 nitrogen and oxygen atoms in total. The first kappa shape index (κ1) is 28.5. The molecular formula is C15H18F3N7O7S4. The molecule has 0 aliphatic carbocycles. The Bertz CT molecular complexity index is 1180. The van der Waals surface area contributed by atoms with Crippen LogP contribution >= 0.6 is 23.5 Å². The molecule has 1 aromatic rings. The van der Waals surface area contributed by atoms with Gasteiger partial charge in [-0.05, 0) is 16.0 Å². The Kier molecular flexibility index (Phi) is 8.81. The lowest BCUT2D eigenvalue weighted by molar-refractivity contribution is -0.150. The van der Waals surface area contributed by atoms with Crippen molar-refractivity contribution in [3.05, 3.63) is 11.3 Å². The Morgan fingerprint density at radius 2 is 2.08 bits per heavy atom. The van der Waals surface area contributed by atoms with Crippen LogP contribution in [0.4, 0.5) is 13.2 Å². The number of rotatable bonds is 11. The Morgan fingerprint density at radius 1 is 1.39 bits per heavy atom. The number of nitrogens with zero attached hydrogens (tertiary/aromatic N) is 5. The van der Waals surface area contributed by atoms with Crippen molar-refractivity contribution in [2.24, 2.45) is 0 Å². The molecule has 3 atom stereocenters. The lowest BCUT2D eigenvalue weighted by Gasteiger charge is -2.49. The van der Waals surface area contributed by atoms with Gasteiger partial charge in [0.15, 0.2) is 5.75 Å². The first-order valence-electron chi connectivity index (χ1n) is 9.67. The van der Waals surface area contributed by atoms with Crippen LogP contribution in [0.3, 0.4) is 0 Å². The summed E-state index contributed by atoms with van der Waals surface area (Å²) < 4.78 is 74.3. The first-order valence-corrected chi connectivity index (χ1v) is 14.9. The van der Waals surface area contributed by atoms with Gasteiger partial charge >= 0.3 is 11.5 Å². The van der Waals surface area contributed by atoms with Gasteiger partial charge < -0.3 is 15.0 Å². The molecule has 3 heterocycles. The van der Waals surface area contributed by atoms with Crippen molar-refractivity contribution in [3.8, 4) is 0 Å². The van der Waals surface area contributed by atoms with Crippen LogP contribution in [0, 0.1) is 0 Å². The highest BCUT2D eigenvalue weighted by Crippen LogP contribution is 2.41. The molecule has 0 aromatic carbocycles. The summed E-state index contributed by atoms with van der Waals surface area (Å²) in [6, 6.07) is -1.26. The number of fused-ring (bicyclic) bond motifs is 1. The molecule has 0 saturated carbocycles. The molecule has 0 radical (unpaired) electrons. The van der Waals surface area contributed by atoms with Crippen molar-refractivity contribution in [2.75, 3.05) is 30.1 Å². The average molecular weight is 594 g/mol. The van der Waals surface area contributed by atoms with Crippen LogP contribution in [0.2, 0.25) is 0 Å². The number of hydrogen-bond donors (Lipinski definition) is 3. The van der Waals surface area contributed by atoms with Crippen molar-refractivity contribution in [2.45, 2.75) is 28.6 Å². The van der Waals surface area contributed by atoms with Crippen LogP contribution in [-0.4, -0.2) is 108 Å². The zero-order chi connectivity index (χ0) is 26.8. The maximum Gasteiger partial charge on any atom is 0.573 e. The van der Waals surface area contributed by atoms with E-state index >= 15 is 0 Å². The maximum atomic E-state index is 12.6. The minimum Gasteiger partial charge on any atom is -0.609 e. The Balaban J connectivity index is 1.64. The fourth-order valence-corrected chi connectivity index (χ4v) is 6.47. The topological polar surface area (TPSA) is 200 Å². The number of tetrazole rings is 1. The Labute approximate surface area is 213 Å². The van der Waals surface area contributed by atoms with E-state index in [1.165, 1.54) is 4.68 Å². The largest absolute Gasteiger partial charge is 0.609 e. The van der Waals surface area contributed by atoms with Crippen molar-refractivity contribution >= 4 is 62.5 Å². The highest BCUT2D eigenvalue weighted by Gasteiger charge is 2.55. The quantitative estimate of drug-likeness (QED) is 0.150. The number of aliphatic carboxylic acids is 1. The third kappa shape index (κ3) is 6.82. The average Bonchev–Trinajstić information content (AvgIpc) is 3.20. The summed E-state index contributed by atoms with van der Waals surface area (Å²) in [5, 5.41) is 22.3. The van der Waals surface area contributed by atoms with Crippen LogP contribution in [0.5, 0.6) is 0 Å². The van der Waals surface area contributed by atoms with Crippen LogP contribution < -0.4 is 10.0 Å². The van der Waals surface area contributed by atoms with E-state index in [1.54, 1.807) is 0 Å². The second-order valence-electron chi connectivity index (χ2n) is 7.29. The van der Waals surface area contributed by atoms with Gasteiger partial charge in [-0.2, -0.15) is 0 Å². The van der Waals surface area contributed by atoms with Gasteiger partial charge in [0.1, 0.15) is 17.1 Å². The molecule has 2 aliphatic heterocycles. The number of carboxylic acid groups (broad SMARTS) is 1. The second kappa shape index (κ2) is 11.1. The minimum absolute atomic E-state index is 0.0178. The number of sulfonamides is 1. The molecule has 3 N–H and O–H groups in total. The number of amides is 2. The number of hydrogen-bond acceptors (Lipinski definition) is 11. The normalized spacial score (nSPS) is 21.1. The molecule has 36 heavy (non-hydrogen) atoms. The van der Waals surface area contributed by atoms with Gasteiger partial charge in [-0.25, -0.2) is 22.6 Å². The molecule has 1 unspecified atom stereocenters. The number of carbonyl (C=O) groups excluding carboxylic acids is 2. The monoisotopic (exact) mass is 593 g/mol. The second-order valence-corrected chi connectivity index (χ2v) is 12.6. The van der Waals surface area contributed by atoms with Crippen molar-refractivity contribution in [1.29, 1.82) is 0 Å². The molecule has 1 saturated heterocycles. The third-order valence-corrected chi connectivity index (χ3v) is 8.80. The van der Waals surface area contributed by atoms with Gasteiger partial charge in [-0.15, -0.1) is 30.0 Å². The number of nitrogens with one attached hydrogen (secondary N) is 2. The molecule has 3 rings (SSSR count). The van der Waals surface area contributed by atoms with E-state index in [0.29, 0.717) is 5.57 Å². The van der Waals surface area contributed by atoms with Gasteiger partial charge in [0.2, 0.25) is 15.2 Å². The summed E-state index contributed by atoms with van der Waals surface area (Å²) in [7, 11) is -3.41. The van der Waals surface area contributed by atoms with Crippen LogP contribution in [0.15, 0.2) is 16.4 Å². The van der Waals surface area contributed by atoms with E-state index < -0.39 is 61.7 Å². The highest BCUT2D eigenvalue weighted by molar-refractivity contribution is 8.01. The zero-order valence-corrected chi connectivity index (χ0v) is 21.4. The number of alkyl halides is 3. The summed E-state index contributed by atoms with van der Waals surface area (Å²) >= 11 is -1.27. The van der Waals surface area contributed by atoms with E-state index in [-0.39, 0.29) is 35.4 Å². The van der Waals surface area contributed by atoms with E-state index in [2.05, 4.69) is 25.6 Å². The summed E-state index contributed by atoms with van der Waals surface area (Å²) in [6.07, 6.45) is 0.993. The predicted molar refractivity (Wildman–Crippen MR) is 120 cm³/mol. The number of carboxylic acids is 1. The maximum absolute atomic E-state index is 12.6. The third-order valence-electron chi connectivity index (χ3n) is 4.65. The van der Waals surface area contributed by atoms with E-state index in [9.17, 15) is 45.6 Å². The fourth-order valence-electron chi connectivity index (χ4n) is 3.14. The molecule has 200 valence electrons. The molecule has 0 spiro atoms. The Hall–Kier alpha value is -2.07.